The molecular weight excluding hydrogens is 380 g/mol. The summed E-state index contributed by atoms with van der Waals surface area (Å²) in [6.45, 7) is 0. The summed E-state index contributed by atoms with van der Waals surface area (Å²) in [5, 5.41) is 29.8. The van der Waals surface area contributed by atoms with E-state index in [0.29, 0.717) is 12.0 Å². The van der Waals surface area contributed by atoms with Crippen LogP contribution < -0.4 is 0 Å². The third kappa shape index (κ3) is 2.41. The van der Waals surface area contributed by atoms with E-state index < -0.39 is 11.9 Å². The average molecular weight is 400 g/mol. The minimum absolute atomic E-state index is 0.0129. The zero-order chi connectivity index (χ0) is 21.0. The van der Waals surface area contributed by atoms with E-state index in [-0.39, 0.29) is 28.2 Å². The van der Waals surface area contributed by atoms with Crippen molar-refractivity contribution in [2.24, 2.45) is 0 Å². The lowest BCUT2D eigenvalue weighted by molar-refractivity contribution is 0.0650. The Hall–Kier alpha value is -3.60. The largest absolute Gasteiger partial charge is 0.508 e. The highest BCUT2D eigenvalue weighted by atomic mass is 16.4. The van der Waals surface area contributed by atoms with Gasteiger partial charge in [0.15, 0.2) is 0 Å². The van der Waals surface area contributed by atoms with E-state index in [1.807, 2.05) is 24.3 Å². The molecule has 2 atom stereocenters. The lowest BCUT2D eigenvalue weighted by Crippen LogP contribution is -2.43. The number of phenols is 1. The van der Waals surface area contributed by atoms with Gasteiger partial charge in [0, 0.05) is 5.41 Å². The first-order valence-electron chi connectivity index (χ1n) is 9.93. The fraction of sp³-hybridized carbons (Fsp3) is 0.200. The Morgan fingerprint density at radius 2 is 1.70 bits per heavy atom. The second-order valence-corrected chi connectivity index (χ2v) is 8.11. The molecule has 5 rings (SSSR count). The zero-order valence-electron chi connectivity index (χ0n) is 16.1. The Morgan fingerprint density at radius 3 is 2.33 bits per heavy atom. The van der Waals surface area contributed by atoms with Crippen molar-refractivity contribution in [3.8, 4) is 5.75 Å². The summed E-state index contributed by atoms with van der Waals surface area (Å²) < 4.78 is 0. The van der Waals surface area contributed by atoms with Gasteiger partial charge in [0.2, 0.25) is 0 Å². The number of phenolic OH excluding ortho intramolecular Hbond substituents is 1. The molecule has 0 radical (unpaired) electrons. The average Bonchev–Trinajstić information content (AvgIpc) is 2.77. The summed E-state index contributed by atoms with van der Waals surface area (Å²) in [4.78, 5) is 23.9. The maximum absolute atomic E-state index is 12.1. The molecule has 5 heteroatoms. The summed E-state index contributed by atoms with van der Waals surface area (Å²) in [7, 11) is 0. The molecule has 0 saturated heterocycles. The van der Waals surface area contributed by atoms with Crippen molar-refractivity contribution < 1.29 is 24.9 Å². The van der Waals surface area contributed by atoms with E-state index >= 15 is 0 Å². The molecule has 0 aromatic heterocycles. The van der Waals surface area contributed by atoms with Crippen LogP contribution in [0, 0.1) is 0 Å². The normalized spacial score (nSPS) is 21.4. The number of carboxylic acids is 2. The first-order chi connectivity index (χ1) is 14.4. The zero-order valence-corrected chi connectivity index (χ0v) is 16.1. The van der Waals surface area contributed by atoms with Crippen molar-refractivity contribution in [1.29, 1.82) is 0 Å². The van der Waals surface area contributed by atoms with Gasteiger partial charge in [-0.05, 0) is 71.2 Å². The van der Waals surface area contributed by atoms with Crippen LogP contribution in [0.25, 0.3) is 0 Å². The minimum Gasteiger partial charge on any atom is -0.508 e. The smallest absolute Gasteiger partial charge is 0.336 e. The van der Waals surface area contributed by atoms with Crippen LogP contribution in [-0.2, 0) is 11.8 Å². The summed E-state index contributed by atoms with van der Waals surface area (Å²) >= 11 is 0. The van der Waals surface area contributed by atoms with Gasteiger partial charge in [-0.15, -0.1) is 0 Å². The van der Waals surface area contributed by atoms with E-state index in [4.69, 9.17) is 0 Å². The standard InChI is InChI=1S/C25H20O5/c26-16-7-6-14-12-19-17(8-9-18(23(27)28)22(19)24(29)30)20-10-11-25(20,21(14)13-16)15-4-2-1-3-5-15/h1-9,13,20,26H,10-12H2,(H,27,28)(H,29,30). The van der Waals surface area contributed by atoms with Crippen LogP contribution in [0.15, 0.2) is 60.7 Å². The maximum atomic E-state index is 12.1. The van der Waals surface area contributed by atoms with E-state index in [1.165, 1.54) is 6.07 Å². The Labute approximate surface area is 173 Å². The first-order valence-corrected chi connectivity index (χ1v) is 9.93. The summed E-state index contributed by atoms with van der Waals surface area (Å²) in [5.74, 6) is -2.28. The summed E-state index contributed by atoms with van der Waals surface area (Å²) in [6, 6.07) is 18.5. The van der Waals surface area contributed by atoms with Gasteiger partial charge in [-0.25, -0.2) is 9.59 Å². The van der Waals surface area contributed by atoms with Gasteiger partial charge in [-0.3, -0.25) is 0 Å². The van der Waals surface area contributed by atoms with Crippen LogP contribution in [0.1, 0.15) is 67.3 Å². The van der Waals surface area contributed by atoms with Crippen LogP contribution in [0.4, 0.5) is 0 Å². The number of hydrogen-bond donors (Lipinski definition) is 3. The number of fused-ring (bicyclic) bond motifs is 5. The third-order valence-corrected chi connectivity index (χ3v) is 6.82. The predicted molar refractivity (Wildman–Crippen MR) is 110 cm³/mol. The molecule has 1 saturated carbocycles. The van der Waals surface area contributed by atoms with Crippen LogP contribution in [0.2, 0.25) is 0 Å². The number of aromatic hydroxyl groups is 1. The summed E-state index contributed by atoms with van der Waals surface area (Å²) in [5.41, 5.74) is 3.81. The van der Waals surface area contributed by atoms with Crippen molar-refractivity contribution >= 4 is 11.9 Å². The molecule has 30 heavy (non-hydrogen) atoms. The van der Waals surface area contributed by atoms with Crippen LogP contribution >= 0.6 is 0 Å². The Morgan fingerprint density at radius 1 is 0.933 bits per heavy atom. The van der Waals surface area contributed by atoms with E-state index in [2.05, 4.69) is 12.1 Å². The van der Waals surface area contributed by atoms with Gasteiger partial charge in [0.1, 0.15) is 5.75 Å². The second-order valence-electron chi connectivity index (χ2n) is 8.11. The molecule has 3 N–H and O–H groups in total. The SMILES string of the molecule is O=C(O)c1ccc2c(c1C(=O)O)Cc1ccc(O)cc1C1(c3ccccc3)CCC21. The van der Waals surface area contributed by atoms with Gasteiger partial charge in [0.05, 0.1) is 11.1 Å². The Balaban J connectivity index is 1.86. The number of benzene rings is 3. The number of carboxylic acid groups (broad SMARTS) is 2. The lowest BCUT2D eigenvalue weighted by Gasteiger charge is -2.51. The third-order valence-electron chi connectivity index (χ3n) is 6.82. The highest BCUT2D eigenvalue weighted by Crippen LogP contribution is 2.61. The lowest BCUT2D eigenvalue weighted by atomic mass is 9.51. The van der Waals surface area contributed by atoms with Crippen molar-refractivity contribution in [1.82, 2.24) is 0 Å². The molecule has 1 fully saturated rings. The number of hydrogen-bond acceptors (Lipinski definition) is 3. The molecule has 0 aliphatic heterocycles. The van der Waals surface area contributed by atoms with Crippen molar-refractivity contribution in [2.75, 3.05) is 0 Å². The van der Waals surface area contributed by atoms with Gasteiger partial charge in [-0.2, -0.15) is 0 Å². The molecule has 3 aromatic rings. The van der Waals surface area contributed by atoms with E-state index in [1.54, 1.807) is 18.2 Å². The van der Waals surface area contributed by atoms with Crippen molar-refractivity contribution in [3.63, 3.8) is 0 Å². The molecule has 3 aromatic carbocycles. The quantitative estimate of drug-likeness (QED) is 0.599. The Bertz CT molecular complexity index is 1200. The molecule has 0 spiro atoms. The van der Waals surface area contributed by atoms with E-state index in [9.17, 15) is 24.9 Å². The van der Waals surface area contributed by atoms with Crippen molar-refractivity contribution in [2.45, 2.75) is 30.6 Å². The summed E-state index contributed by atoms with van der Waals surface area (Å²) in [6.07, 6.45) is 2.06. The first kappa shape index (κ1) is 18.4. The molecule has 2 unspecified atom stereocenters. The number of rotatable bonds is 3. The van der Waals surface area contributed by atoms with Crippen molar-refractivity contribution in [3.05, 3.63) is 99.6 Å². The molecule has 2 aliphatic carbocycles. The fourth-order valence-corrected chi connectivity index (χ4v) is 5.48. The maximum Gasteiger partial charge on any atom is 0.336 e. The second kappa shape index (κ2) is 6.46. The monoisotopic (exact) mass is 400 g/mol. The Kier molecular flexibility index (Phi) is 3.97. The fourth-order valence-electron chi connectivity index (χ4n) is 5.48. The number of aromatic carboxylic acids is 2. The molecule has 0 heterocycles. The molecule has 5 nitrogen and oxygen atoms in total. The topological polar surface area (TPSA) is 94.8 Å². The van der Waals surface area contributed by atoms with E-state index in [0.717, 1.165) is 35.1 Å². The molecular formula is C25H20O5. The number of carbonyl (C=O) groups is 2. The van der Waals surface area contributed by atoms with Gasteiger partial charge in [0.25, 0.3) is 0 Å². The highest BCUT2D eigenvalue weighted by molar-refractivity contribution is 6.03. The van der Waals surface area contributed by atoms with Gasteiger partial charge >= 0.3 is 11.9 Å². The predicted octanol–water partition coefficient (Wildman–Crippen LogP) is 4.56. The highest BCUT2D eigenvalue weighted by Gasteiger charge is 2.53. The van der Waals surface area contributed by atoms with Crippen LogP contribution in [0.5, 0.6) is 5.75 Å². The molecule has 0 bridgehead atoms. The van der Waals surface area contributed by atoms with Crippen LogP contribution in [-0.4, -0.2) is 27.3 Å². The molecule has 2 aliphatic rings. The van der Waals surface area contributed by atoms with Gasteiger partial charge < -0.3 is 15.3 Å². The molecule has 0 amide bonds. The van der Waals surface area contributed by atoms with Crippen LogP contribution in [0.3, 0.4) is 0 Å². The molecule has 150 valence electrons. The minimum atomic E-state index is -1.24. The van der Waals surface area contributed by atoms with Gasteiger partial charge in [-0.1, -0.05) is 42.5 Å².